The lowest BCUT2D eigenvalue weighted by atomic mass is 10.0. The minimum atomic E-state index is -0.416. The predicted molar refractivity (Wildman–Crippen MR) is 84.5 cm³/mol. The summed E-state index contributed by atoms with van der Waals surface area (Å²) >= 11 is 0. The van der Waals surface area contributed by atoms with Crippen LogP contribution in [0.25, 0.3) is 11.6 Å². The third-order valence-corrected chi connectivity index (χ3v) is 3.81. The first-order valence-electron chi connectivity index (χ1n) is 6.93. The molecule has 1 aliphatic rings. The van der Waals surface area contributed by atoms with E-state index in [1.165, 1.54) is 7.11 Å². The lowest BCUT2D eigenvalue weighted by molar-refractivity contribution is -0.110. The highest BCUT2D eigenvalue weighted by Gasteiger charge is 2.26. The van der Waals surface area contributed by atoms with Crippen molar-refractivity contribution in [1.82, 2.24) is 4.98 Å². The van der Waals surface area contributed by atoms with Crippen molar-refractivity contribution < 1.29 is 14.3 Å². The third kappa shape index (κ3) is 2.11. The highest BCUT2D eigenvalue weighted by molar-refractivity contribution is 6.35. The molecule has 1 amide bonds. The zero-order valence-electron chi connectivity index (χ0n) is 12.6. The second-order valence-corrected chi connectivity index (χ2v) is 5.21. The van der Waals surface area contributed by atoms with Crippen molar-refractivity contribution in [3.63, 3.8) is 0 Å². The Labute approximate surface area is 128 Å². The van der Waals surface area contributed by atoms with Crippen LogP contribution in [0.1, 0.15) is 32.9 Å². The molecular formula is C17H16N2O3. The highest BCUT2D eigenvalue weighted by Crippen LogP contribution is 2.34. The molecule has 0 unspecified atom stereocenters. The predicted octanol–water partition coefficient (Wildman–Crippen LogP) is 2.91. The zero-order valence-corrected chi connectivity index (χ0v) is 12.6. The summed E-state index contributed by atoms with van der Waals surface area (Å²) in [7, 11) is 1.35. The summed E-state index contributed by atoms with van der Waals surface area (Å²) in [4.78, 5) is 27.3. The number of H-pyrrole nitrogens is 1. The second-order valence-electron chi connectivity index (χ2n) is 5.21. The Morgan fingerprint density at radius 3 is 2.64 bits per heavy atom. The fourth-order valence-corrected chi connectivity index (χ4v) is 2.77. The number of anilines is 1. The van der Waals surface area contributed by atoms with Gasteiger partial charge in [0.2, 0.25) is 0 Å². The van der Waals surface area contributed by atoms with Gasteiger partial charge in [0.1, 0.15) is 0 Å². The van der Waals surface area contributed by atoms with Gasteiger partial charge in [0.25, 0.3) is 5.91 Å². The largest absolute Gasteiger partial charge is 0.465 e. The summed E-state index contributed by atoms with van der Waals surface area (Å²) in [6.07, 6.45) is 1.74. The van der Waals surface area contributed by atoms with Gasteiger partial charge in [-0.3, -0.25) is 4.79 Å². The van der Waals surface area contributed by atoms with Crippen LogP contribution in [-0.2, 0) is 9.53 Å². The summed E-state index contributed by atoms with van der Waals surface area (Å²) in [5.74, 6) is -0.587. The molecule has 0 bridgehead atoms. The van der Waals surface area contributed by atoms with Gasteiger partial charge < -0.3 is 15.0 Å². The number of carbonyl (C=O) groups is 2. The van der Waals surface area contributed by atoms with Crippen LogP contribution in [0.4, 0.5) is 5.69 Å². The van der Waals surface area contributed by atoms with Crippen molar-refractivity contribution in [3.8, 4) is 0 Å². The van der Waals surface area contributed by atoms with Crippen LogP contribution in [0.15, 0.2) is 24.3 Å². The van der Waals surface area contributed by atoms with Crippen molar-refractivity contribution in [2.45, 2.75) is 13.8 Å². The second kappa shape index (κ2) is 5.18. The summed E-state index contributed by atoms with van der Waals surface area (Å²) in [6.45, 7) is 3.68. The molecule has 5 heteroatoms. The topological polar surface area (TPSA) is 71.2 Å². The van der Waals surface area contributed by atoms with Crippen molar-refractivity contribution in [3.05, 3.63) is 52.3 Å². The number of esters is 1. The molecule has 0 fully saturated rings. The van der Waals surface area contributed by atoms with E-state index < -0.39 is 5.97 Å². The number of hydrogen-bond donors (Lipinski definition) is 2. The lowest BCUT2D eigenvalue weighted by Gasteiger charge is -2.02. The molecule has 0 radical (unpaired) electrons. The van der Waals surface area contributed by atoms with E-state index in [1.807, 2.05) is 38.1 Å². The van der Waals surface area contributed by atoms with Crippen molar-refractivity contribution >= 4 is 29.2 Å². The Balaban J connectivity index is 2.18. The lowest BCUT2D eigenvalue weighted by Crippen LogP contribution is -2.06. The maximum atomic E-state index is 12.2. The maximum Gasteiger partial charge on any atom is 0.340 e. The number of nitrogens with one attached hydrogen (secondary N) is 2. The molecule has 0 saturated heterocycles. The van der Waals surface area contributed by atoms with Crippen molar-refractivity contribution in [1.29, 1.82) is 0 Å². The molecule has 0 saturated carbocycles. The monoisotopic (exact) mass is 296 g/mol. The first kappa shape index (κ1) is 14.1. The van der Waals surface area contributed by atoms with Gasteiger partial charge in [0.05, 0.1) is 12.7 Å². The molecule has 1 aliphatic heterocycles. The third-order valence-electron chi connectivity index (χ3n) is 3.81. The van der Waals surface area contributed by atoms with E-state index >= 15 is 0 Å². The molecule has 5 nitrogen and oxygen atoms in total. The minimum Gasteiger partial charge on any atom is -0.465 e. The number of benzene rings is 1. The van der Waals surface area contributed by atoms with Gasteiger partial charge in [0, 0.05) is 33.8 Å². The number of hydrogen-bond acceptors (Lipinski definition) is 3. The minimum absolute atomic E-state index is 0.171. The average molecular weight is 296 g/mol. The SMILES string of the molecule is COC(=O)c1c(C)[nH]c(C)c1/C=C1\C(=O)Nc2ccccc21. The summed E-state index contributed by atoms with van der Waals surface area (Å²) in [5.41, 5.74) is 4.86. The number of aryl methyl sites for hydroxylation is 2. The van der Waals surface area contributed by atoms with Gasteiger partial charge in [-0.1, -0.05) is 18.2 Å². The number of aromatic nitrogens is 1. The van der Waals surface area contributed by atoms with Crippen LogP contribution in [0, 0.1) is 13.8 Å². The summed E-state index contributed by atoms with van der Waals surface area (Å²) in [6, 6.07) is 7.48. The first-order valence-corrected chi connectivity index (χ1v) is 6.93. The van der Waals surface area contributed by atoms with Crippen LogP contribution in [0.3, 0.4) is 0 Å². The number of carbonyl (C=O) groups excluding carboxylic acids is 2. The van der Waals surface area contributed by atoms with Crippen LogP contribution in [0.2, 0.25) is 0 Å². The van der Waals surface area contributed by atoms with E-state index in [9.17, 15) is 9.59 Å². The van der Waals surface area contributed by atoms with E-state index in [4.69, 9.17) is 4.74 Å². The Bertz CT molecular complexity index is 815. The van der Waals surface area contributed by atoms with Crippen molar-refractivity contribution in [2.75, 3.05) is 12.4 Å². The van der Waals surface area contributed by atoms with Crippen LogP contribution in [0.5, 0.6) is 0 Å². The number of para-hydroxylation sites is 1. The Kier molecular flexibility index (Phi) is 3.33. The highest BCUT2D eigenvalue weighted by atomic mass is 16.5. The number of rotatable bonds is 2. The first-order chi connectivity index (χ1) is 10.5. The van der Waals surface area contributed by atoms with E-state index in [1.54, 1.807) is 6.08 Å². The van der Waals surface area contributed by atoms with E-state index in [-0.39, 0.29) is 5.91 Å². The summed E-state index contributed by atoms with van der Waals surface area (Å²) in [5, 5.41) is 2.82. The molecule has 0 atom stereocenters. The molecular weight excluding hydrogens is 280 g/mol. The Morgan fingerprint density at radius 1 is 1.18 bits per heavy atom. The Morgan fingerprint density at radius 2 is 1.91 bits per heavy atom. The molecule has 1 aromatic heterocycles. The van der Waals surface area contributed by atoms with Gasteiger partial charge >= 0.3 is 5.97 Å². The molecule has 0 spiro atoms. The fraction of sp³-hybridized carbons (Fsp3) is 0.176. The molecule has 22 heavy (non-hydrogen) atoms. The van der Waals surface area contributed by atoms with E-state index in [2.05, 4.69) is 10.3 Å². The maximum absolute atomic E-state index is 12.2. The summed E-state index contributed by atoms with van der Waals surface area (Å²) < 4.78 is 4.84. The molecule has 2 aromatic rings. The molecule has 0 aliphatic carbocycles. The fourth-order valence-electron chi connectivity index (χ4n) is 2.77. The smallest absolute Gasteiger partial charge is 0.340 e. The number of fused-ring (bicyclic) bond motifs is 1. The molecule has 112 valence electrons. The van der Waals surface area contributed by atoms with Gasteiger partial charge in [-0.15, -0.1) is 0 Å². The molecule has 3 rings (SSSR count). The number of amides is 1. The molecule has 2 heterocycles. The van der Waals surface area contributed by atoms with Crippen LogP contribution < -0.4 is 5.32 Å². The van der Waals surface area contributed by atoms with E-state index in [0.29, 0.717) is 16.7 Å². The van der Waals surface area contributed by atoms with Crippen LogP contribution >= 0.6 is 0 Å². The van der Waals surface area contributed by atoms with Gasteiger partial charge in [-0.25, -0.2) is 4.79 Å². The van der Waals surface area contributed by atoms with E-state index in [0.717, 1.165) is 22.6 Å². The molecule has 1 aromatic carbocycles. The number of aromatic amines is 1. The van der Waals surface area contributed by atoms with Crippen LogP contribution in [-0.4, -0.2) is 24.0 Å². The van der Waals surface area contributed by atoms with Gasteiger partial charge in [0.15, 0.2) is 0 Å². The number of methoxy groups -OCH3 is 1. The van der Waals surface area contributed by atoms with Crippen molar-refractivity contribution in [2.24, 2.45) is 0 Å². The molecule has 2 N–H and O–H groups in total. The van der Waals surface area contributed by atoms with Gasteiger partial charge in [-0.2, -0.15) is 0 Å². The zero-order chi connectivity index (χ0) is 15.9. The Hall–Kier alpha value is -2.82. The number of ether oxygens (including phenoxy) is 1. The van der Waals surface area contributed by atoms with Gasteiger partial charge in [-0.05, 0) is 26.0 Å². The normalized spacial score (nSPS) is 14.9. The average Bonchev–Trinajstić information content (AvgIpc) is 2.96. The standard InChI is InChI=1S/C17H16N2O3/c1-9-12(15(10(2)18-9)17(21)22-3)8-13-11-6-4-5-7-14(11)19-16(13)20/h4-8,18H,1-3H3,(H,19,20)/b13-8-. The quantitative estimate of drug-likeness (QED) is 0.661.